The number of aromatic nitrogens is 1. The first-order chi connectivity index (χ1) is 15.7. The average molecular weight is 485 g/mol. The van der Waals surface area contributed by atoms with Gasteiger partial charge in [0.2, 0.25) is 0 Å². The fourth-order valence-electron chi connectivity index (χ4n) is 3.77. The molecule has 33 heavy (non-hydrogen) atoms. The van der Waals surface area contributed by atoms with E-state index in [4.69, 9.17) is 11.6 Å². The molecule has 0 radical (unpaired) electrons. The van der Waals surface area contributed by atoms with Crippen LogP contribution in [0.5, 0.6) is 0 Å². The molecule has 1 aromatic heterocycles. The lowest BCUT2D eigenvalue weighted by Crippen LogP contribution is -2.28. The van der Waals surface area contributed by atoms with Crippen LogP contribution in [0, 0.1) is 19.7 Å². The maximum absolute atomic E-state index is 14.2. The minimum absolute atomic E-state index is 0.0752. The van der Waals surface area contributed by atoms with Crippen molar-refractivity contribution in [2.45, 2.75) is 20.4 Å². The standard InChI is InChI=1S/C24H18ClFN2O4S/c1-13-10-15(14(2)28(13)20-9-4-3-6-16(20)23(30)31)11-21-22(29)27(24(32)33-21)12-17-18(25)7-5-8-19(17)26/h3-11H,12H2,1-2H3,(H,30,31)/b21-11-. The Morgan fingerprint density at radius 1 is 1.15 bits per heavy atom. The second-order valence-corrected chi connectivity index (χ2v) is 8.85. The van der Waals surface area contributed by atoms with Crippen molar-refractivity contribution in [1.29, 1.82) is 0 Å². The van der Waals surface area contributed by atoms with E-state index >= 15 is 0 Å². The smallest absolute Gasteiger partial charge is 0.337 e. The first-order valence-corrected chi connectivity index (χ1v) is 11.1. The van der Waals surface area contributed by atoms with E-state index in [1.54, 1.807) is 35.8 Å². The maximum atomic E-state index is 14.2. The summed E-state index contributed by atoms with van der Waals surface area (Å²) in [6, 6.07) is 12.6. The van der Waals surface area contributed by atoms with Crippen LogP contribution < -0.4 is 0 Å². The highest BCUT2D eigenvalue weighted by atomic mass is 35.5. The number of hydrogen-bond donors (Lipinski definition) is 1. The topological polar surface area (TPSA) is 79.6 Å². The highest BCUT2D eigenvalue weighted by molar-refractivity contribution is 8.18. The second kappa shape index (κ2) is 8.88. The molecule has 2 amide bonds. The van der Waals surface area contributed by atoms with Gasteiger partial charge in [-0.05, 0) is 67.6 Å². The summed E-state index contributed by atoms with van der Waals surface area (Å²) in [6.07, 6.45) is 1.59. The zero-order valence-corrected chi connectivity index (χ0v) is 19.2. The number of carbonyl (C=O) groups is 3. The van der Waals surface area contributed by atoms with Crippen molar-refractivity contribution in [2.24, 2.45) is 0 Å². The quantitative estimate of drug-likeness (QED) is 0.461. The number of benzene rings is 2. The van der Waals surface area contributed by atoms with Gasteiger partial charge in [-0.2, -0.15) is 0 Å². The lowest BCUT2D eigenvalue weighted by Gasteiger charge is -2.14. The summed E-state index contributed by atoms with van der Waals surface area (Å²) in [5.74, 6) is -2.18. The number of thioether (sulfide) groups is 1. The van der Waals surface area contributed by atoms with Crippen LogP contribution in [0.25, 0.3) is 11.8 Å². The van der Waals surface area contributed by atoms with Crippen molar-refractivity contribution in [3.05, 3.63) is 92.4 Å². The third-order valence-corrected chi connectivity index (χ3v) is 6.65. The second-order valence-electron chi connectivity index (χ2n) is 7.45. The summed E-state index contributed by atoms with van der Waals surface area (Å²) in [4.78, 5) is 38.2. The number of rotatable bonds is 5. The third kappa shape index (κ3) is 4.19. The molecule has 6 nitrogen and oxygen atoms in total. The van der Waals surface area contributed by atoms with Gasteiger partial charge in [0, 0.05) is 22.0 Å². The molecule has 1 aliphatic heterocycles. The minimum atomic E-state index is -1.05. The number of hydrogen-bond acceptors (Lipinski definition) is 4. The van der Waals surface area contributed by atoms with Crippen molar-refractivity contribution in [1.82, 2.24) is 9.47 Å². The molecule has 3 aromatic rings. The number of nitrogens with zero attached hydrogens (tertiary/aromatic N) is 2. The highest BCUT2D eigenvalue weighted by Gasteiger charge is 2.36. The number of amides is 2. The van der Waals surface area contributed by atoms with E-state index in [-0.39, 0.29) is 27.6 Å². The molecule has 1 fully saturated rings. The summed E-state index contributed by atoms with van der Waals surface area (Å²) in [7, 11) is 0. The Labute approximate surface area is 198 Å². The number of aromatic carboxylic acids is 1. The summed E-state index contributed by atoms with van der Waals surface area (Å²) >= 11 is 6.81. The summed E-state index contributed by atoms with van der Waals surface area (Å²) in [6.45, 7) is 3.37. The Bertz CT molecular complexity index is 1330. The van der Waals surface area contributed by atoms with Gasteiger partial charge < -0.3 is 9.67 Å². The Kier molecular flexibility index (Phi) is 6.14. The Morgan fingerprint density at radius 2 is 1.88 bits per heavy atom. The third-order valence-electron chi connectivity index (χ3n) is 5.38. The van der Waals surface area contributed by atoms with Crippen LogP contribution in [0.15, 0.2) is 53.4 Å². The van der Waals surface area contributed by atoms with Crippen LogP contribution in [-0.2, 0) is 11.3 Å². The van der Waals surface area contributed by atoms with Gasteiger partial charge in [0.05, 0.1) is 22.7 Å². The van der Waals surface area contributed by atoms with Crippen LogP contribution in [0.1, 0.15) is 32.9 Å². The van der Waals surface area contributed by atoms with Crippen LogP contribution >= 0.6 is 23.4 Å². The highest BCUT2D eigenvalue weighted by Crippen LogP contribution is 2.36. The van der Waals surface area contributed by atoms with Gasteiger partial charge >= 0.3 is 5.97 Å². The first-order valence-electron chi connectivity index (χ1n) is 9.89. The molecule has 0 atom stereocenters. The van der Waals surface area contributed by atoms with Crippen LogP contribution in [-0.4, -0.2) is 31.7 Å². The normalized spacial score (nSPS) is 15.0. The van der Waals surface area contributed by atoms with Gasteiger partial charge in [-0.1, -0.05) is 29.8 Å². The van der Waals surface area contributed by atoms with Crippen molar-refractivity contribution in [3.8, 4) is 5.69 Å². The van der Waals surface area contributed by atoms with E-state index in [0.717, 1.165) is 22.4 Å². The fourth-order valence-corrected chi connectivity index (χ4v) is 4.82. The van der Waals surface area contributed by atoms with Gasteiger partial charge in [-0.3, -0.25) is 14.5 Å². The van der Waals surface area contributed by atoms with E-state index in [1.165, 1.54) is 24.3 Å². The van der Waals surface area contributed by atoms with Gasteiger partial charge in [0.15, 0.2) is 0 Å². The fraction of sp³-hybridized carbons (Fsp3) is 0.125. The van der Waals surface area contributed by atoms with Crippen molar-refractivity contribution >= 4 is 46.6 Å². The number of imide groups is 1. The Hall–Kier alpha value is -3.36. The van der Waals surface area contributed by atoms with E-state index in [0.29, 0.717) is 16.9 Å². The monoisotopic (exact) mass is 484 g/mol. The zero-order valence-electron chi connectivity index (χ0n) is 17.6. The molecule has 0 unspecified atom stereocenters. The molecule has 2 heterocycles. The Balaban J connectivity index is 1.69. The molecule has 0 bridgehead atoms. The molecule has 4 rings (SSSR count). The minimum Gasteiger partial charge on any atom is -0.478 e. The summed E-state index contributed by atoms with van der Waals surface area (Å²) in [5.41, 5.74) is 2.87. The van der Waals surface area contributed by atoms with E-state index in [2.05, 4.69) is 0 Å². The zero-order chi connectivity index (χ0) is 23.9. The van der Waals surface area contributed by atoms with Gasteiger partial charge in [0.25, 0.3) is 11.1 Å². The largest absolute Gasteiger partial charge is 0.478 e. The summed E-state index contributed by atoms with van der Waals surface area (Å²) < 4.78 is 15.9. The predicted molar refractivity (Wildman–Crippen MR) is 125 cm³/mol. The molecule has 0 spiro atoms. The molecule has 1 saturated heterocycles. The van der Waals surface area contributed by atoms with E-state index < -0.39 is 22.9 Å². The number of carboxylic acids is 1. The molecule has 0 aliphatic carbocycles. The molecule has 2 aromatic carbocycles. The SMILES string of the molecule is Cc1cc(/C=C2\SC(=O)N(Cc3c(F)cccc3Cl)C2=O)c(C)n1-c1ccccc1C(=O)O. The number of para-hydroxylation sites is 1. The molecular weight excluding hydrogens is 467 g/mol. The average Bonchev–Trinajstić information content (AvgIpc) is 3.19. The van der Waals surface area contributed by atoms with Crippen LogP contribution in [0.2, 0.25) is 5.02 Å². The molecule has 168 valence electrons. The molecule has 0 saturated carbocycles. The molecular formula is C24H18ClFN2O4S. The lowest BCUT2D eigenvalue weighted by molar-refractivity contribution is -0.123. The Morgan fingerprint density at radius 3 is 2.58 bits per heavy atom. The lowest BCUT2D eigenvalue weighted by atomic mass is 10.1. The number of carboxylic acid groups (broad SMARTS) is 1. The predicted octanol–water partition coefficient (Wildman–Crippen LogP) is 5.82. The van der Waals surface area contributed by atoms with E-state index in [9.17, 15) is 23.9 Å². The number of halogens is 2. The van der Waals surface area contributed by atoms with Crippen LogP contribution in [0.3, 0.4) is 0 Å². The van der Waals surface area contributed by atoms with Gasteiger partial charge in [0.1, 0.15) is 5.82 Å². The van der Waals surface area contributed by atoms with Crippen molar-refractivity contribution in [3.63, 3.8) is 0 Å². The first kappa shape index (κ1) is 22.8. The number of carbonyl (C=O) groups excluding carboxylic acids is 2. The van der Waals surface area contributed by atoms with Crippen LogP contribution in [0.4, 0.5) is 9.18 Å². The van der Waals surface area contributed by atoms with Crippen molar-refractivity contribution in [2.75, 3.05) is 0 Å². The van der Waals surface area contributed by atoms with E-state index in [1.807, 2.05) is 13.0 Å². The summed E-state index contributed by atoms with van der Waals surface area (Å²) in [5, 5.41) is 9.17. The molecule has 9 heteroatoms. The molecule has 1 N–H and O–H groups in total. The molecule has 1 aliphatic rings. The van der Waals surface area contributed by atoms with Gasteiger partial charge in [-0.15, -0.1) is 0 Å². The van der Waals surface area contributed by atoms with Crippen molar-refractivity contribution < 1.29 is 23.9 Å². The van der Waals surface area contributed by atoms with Gasteiger partial charge in [-0.25, -0.2) is 9.18 Å². The number of aryl methyl sites for hydroxylation is 1. The maximum Gasteiger partial charge on any atom is 0.337 e.